The van der Waals surface area contributed by atoms with Gasteiger partial charge in [-0.3, -0.25) is 4.79 Å². The SMILES string of the molecule is CC1(O)CCN(c2ccc(C=O)c(C(F)(F)F)c2)CC1. The molecular formula is C14H16F3NO2. The Labute approximate surface area is 115 Å². The largest absolute Gasteiger partial charge is 0.417 e. The summed E-state index contributed by atoms with van der Waals surface area (Å²) in [4.78, 5) is 12.5. The van der Waals surface area contributed by atoms with Crippen LogP contribution < -0.4 is 4.90 Å². The van der Waals surface area contributed by atoms with Gasteiger partial charge in [-0.05, 0) is 38.0 Å². The standard InChI is InChI=1S/C14H16F3NO2/c1-13(20)4-6-18(7-5-13)11-3-2-10(9-19)12(8-11)14(15,16)17/h2-3,8-9,20H,4-7H2,1H3. The van der Waals surface area contributed by atoms with E-state index in [4.69, 9.17) is 0 Å². The fourth-order valence-electron chi connectivity index (χ4n) is 2.34. The van der Waals surface area contributed by atoms with Crippen LogP contribution in [0.25, 0.3) is 0 Å². The van der Waals surface area contributed by atoms with E-state index >= 15 is 0 Å². The predicted octanol–water partition coefficient (Wildman–Crippen LogP) is 2.87. The van der Waals surface area contributed by atoms with E-state index in [-0.39, 0.29) is 11.8 Å². The van der Waals surface area contributed by atoms with Crippen molar-refractivity contribution in [1.82, 2.24) is 0 Å². The van der Waals surface area contributed by atoms with E-state index in [0.29, 0.717) is 31.6 Å². The number of aldehydes is 1. The molecule has 1 heterocycles. The van der Waals surface area contributed by atoms with Gasteiger partial charge in [-0.25, -0.2) is 0 Å². The molecule has 0 spiro atoms. The van der Waals surface area contributed by atoms with Crippen molar-refractivity contribution in [2.45, 2.75) is 31.5 Å². The Hall–Kier alpha value is -1.56. The van der Waals surface area contributed by atoms with Gasteiger partial charge in [-0.15, -0.1) is 0 Å². The first-order valence-corrected chi connectivity index (χ1v) is 6.37. The molecule has 20 heavy (non-hydrogen) atoms. The van der Waals surface area contributed by atoms with Crippen molar-refractivity contribution in [3.8, 4) is 0 Å². The molecule has 2 rings (SSSR count). The van der Waals surface area contributed by atoms with Crippen molar-refractivity contribution in [2.75, 3.05) is 18.0 Å². The van der Waals surface area contributed by atoms with Gasteiger partial charge in [0.05, 0.1) is 11.2 Å². The van der Waals surface area contributed by atoms with Gasteiger partial charge in [0.15, 0.2) is 6.29 Å². The van der Waals surface area contributed by atoms with Gasteiger partial charge in [-0.2, -0.15) is 13.2 Å². The Morgan fingerprint density at radius 3 is 2.40 bits per heavy atom. The molecular weight excluding hydrogens is 271 g/mol. The van der Waals surface area contributed by atoms with Gasteiger partial charge in [0, 0.05) is 24.3 Å². The first kappa shape index (κ1) is 14.8. The molecule has 1 aliphatic heterocycles. The lowest BCUT2D eigenvalue weighted by Crippen LogP contribution is -2.42. The number of benzene rings is 1. The average molecular weight is 287 g/mol. The molecule has 110 valence electrons. The molecule has 0 atom stereocenters. The molecule has 0 unspecified atom stereocenters. The summed E-state index contributed by atoms with van der Waals surface area (Å²) in [6, 6.07) is 3.71. The summed E-state index contributed by atoms with van der Waals surface area (Å²) in [7, 11) is 0. The number of piperidine rings is 1. The second-order valence-corrected chi connectivity index (χ2v) is 5.37. The highest BCUT2D eigenvalue weighted by Crippen LogP contribution is 2.35. The quantitative estimate of drug-likeness (QED) is 0.850. The second-order valence-electron chi connectivity index (χ2n) is 5.37. The molecule has 0 amide bonds. The third-order valence-electron chi connectivity index (χ3n) is 3.67. The molecule has 0 bridgehead atoms. The molecule has 0 aliphatic carbocycles. The lowest BCUT2D eigenvalue weighted by molar-refractivity contribution is -0.137. The Bertz CT molecular complexity index is 502. The predicted molar refractivity (Wildman–Crippen MR) is 68.9 cm³/mol. The number of aliphatic hydroxyl groups is 1. The second kappa shape index (κ2) is 5.09. The molecule has 6 heteroatoms. The Balaban J connectivity index is 2.28. The van der Waals surface area contributed by atoms with E-state index < -0.39 is 17.3 Å². The fraction of sp³-hybridized carbons (Fsp3) is 0.500. The molecule has 0 saturated carbocycles. The average Bonchev–Trinajstić information content (AvgIpc) is 2.37. The number of halogens is 3. The van der Waals surface area contributed by atoms with Crippen LogP contribution in [-0.4, -0.2) is 30.1 Å². The van der Waals surface area contributed by atoms with Crippen molar-refractivity contribution >= 4 is 12.0 Å². The molecule has 0 radical (unpaired) electrons. The fourth-order valence-corrected chi connectivity index (χ4v) is 2.34. The highest BCUT2D eigenvalue weighted by atomic mass is 19.4. The molecule has 1 N–H and O–H groups in total. The van der Waals surface area contributed by atoms with Crippen molar-refractivity contribution < 1.29 is 23.1 Å². The molecule has 3 nitrogen and oxygen atoms in total. The normalized spacial score (nSPS) is 18.9. The van der Waals surface area contributed by atoms with Gasteiger partial charge in [0.1, 0.15) is 0 Å². The van der Waals surface area contributed by atoms with E-state index in [2.05, 4.69) is 0 Å². The number of hydrogen-bond acceptors (Lipinski definition) is 3. The minimum Gasteiger partial charge on any atom is -0.390 e. The Kier molecular flexibility index (Phi) is 3.77. The van der Waals surface area contributed by atoms with Crippen molar-refractivity contribution in [2.24, 2.45) is 0 Å². The van der Waals surface area contributed by atoms with Gasteiger partial charge < -0.3 is 10.0 Å². The molecule has 1 aromatic rings. The van der Waals surface area contributed by atoms with E-state index in [9.17, 15) is 23.1 Å². The lowest BCUT2D eigenvalue weighted by Gasteiger charge is -2.37. The summed E-state index contributed by atoms with van der Waals surface area (Å²) < 4.78 is 38.7. The minimum absolute atomic E-state index is 0.216. The zero-order valence-corrected chi connectivity index (χ0v) is 11.1. The summed E-state index contributed by atoms with van der Waals surface area (Å²) >= 11 is 0. The first-order valence-electron chi connectivity index (χ1n) is 6.37. The highest BCUT2D eigenvalue weighted by Gasteiger charge is 2.34. The van der Waals surface area contributed by atoms with Crippen LogP contribution in [0.5, 0.6) is 0 Å². The van der Waals surface area contributed by atoms with E-state index in [0.717, 1.165) is 6.07 Å². The minimum atomic E-state index is -4.55. The summed E-state index contributed by atoms with van der Waals surface area (Å²) in [6.45, 7) is 2.70. The summed E-state index contributed by atoms with van der Waals surface area (Å²) in [5.41, 5.74) is -1.60. The van der Waals surface area contributed by atoms with Crippen LogP contribution in [0.2, 0.25) is 0 Å². The third kappa shape index (κ3) is 3.12. The Morgan fingerprint density at radius 2 is 1.90 bits per heavy atom. The summed E-state index contributed by atoms with van der Waals surface area (Å²) in [5.74, 6) is 0. The number of alkyl halides is 3. The van der Waals surface area contributed by atoms with Crippen LogP contribution in [0.15, 0.2) is 18.2 Å². The smallest absolute Gasteiger partial charge is 0.390 e. The van der Waals surface area contributed by atoms with Gasteiger partial charge in [0.25, 0.3) is 0 Å². The van der Waals surface area contributed by atoms with Crippen LogP contribution in [-0.2, 0) is 6.18 Å². The molecule has 1 saturated heterocycles. The van der Waals surface area contributed by atoms with Crippen LogP contribution in [0, 0.1) is 0 Å². The van der Waals surface area contributed by atoms with E-state index in [1.165, 1.54) is 12.1 Å². The molecule has 0 aromatic heterocycles. The summed E-state index contributed by atoms with van der Waals surface area (Å²) in [5, 5.41) is 9.85. The van der Waals surface area contributed by atoms with Crippen LogP contribution in [0.4, 0.5) is 18.9 Å². The summed E-state index contributed by atoms with van der Waals surface area (Å²) in [6.07, 6.45) is -3.32. The highest BCUT2D eigenvalue weighted by molar-refractivity contribution is 5.79. The monoisotopic (exact) mass is 287 g/mol. The molecule has 1 aliphatic rings. The van der Waals surface area contributed by atoms with Crippen molar-refractivity contribution in [1.29, 1.82) is 0 Å². The number of rotatable bonds is 2. The van der Waals surface area contributed by atoms with Crippen LogP contribution in [0.1, 0.15) is 35.7 Å². The number of anilines is 1. The zero-order valence-electron chi connectivity index (χ0n) is 11.1. The number of carbonyl (C=O) groups is 1. The van der Waals surface area contributed by atoms with Crippen molar-refractivity contribution in [3.63, 3.8) is 0 Å². The van der Waals surface area contributed by atoms with Crippen LogP contribution >= 0.6 is 0 Å². The zero-order chi connectivity index (χ0) is 15.0. The molecule has 1 aromatic carbocycles. The number of carbonyl (C=O) groups excluding carboxylic acids is 1. The van der Waals surface area contributed by atoms with Crippen molar-refractivity contribution in [3.05, 3.63) is 29.3 Å². The van der Waals surface area contributed by atoms with E-state index in [1.54, 1.807) is 11.8 Å². The van der Waals surface area contributed by atoms with Gasteiger partial charge >= 0.3 is 6.18 Å². The molecule has 1 fully saturated rings. The maximum absolute atomic E-state index is 12.9. The maximum Gasteiger partial charge on any atom is 0.417 e. The number of nitrogens with zero attached hydrogens (tertiary/aromatic N) is 1. The van der Waals surface area contributed by atoms with Gasteiger partial charge in [0.2, 0.25) is 0 Å². The van der Waals surface area contributed by atoms with E-state index in [1.807, 2.05) is 0 Å². The number of hydrogen-bond donors (Lipinski definition) is 1. The maximum atomic E-state index is 12.9. The lowest BCUT2D eigenvalue weighted by atomic mass is 9.93. The Morgan fingerprint density at radius 1 is 1.30 bits per heavy atom. The van der Waals surface area contributed by atoms with Crippen LogP contribution in [0.3, 0.4) is 0 Å². The first-order chi connectivity index (χ1) is 9.23. The third-order valence-corrected chi connectivity index (χ3v) is 3.67. The van der Waals surface area contributed by atoms with Gasteiger partial charge in [-0.1, -0.05) is 0 Å². The topological polar surface area (TPSA) is 40.5 Å².